The van der Waals surface area contributed by atoms with Gasteiger partial charge in [0.1, 0.15) is 18.0 Å². The highest BCUT2D eigenvalue weighted by Crippen LogP contribution is 2.26. The molecular weight excluding hydrogens is 592 g/mol. The zero-order valence-electron chi connectivity index (χ0n) is 23.1. The van der Waals surface area contributed by atoms with E-state index < -0.39 is 22.5 Å². The first kappa shape index (κ1) is 31.1. The highest BCUT2D eigenvalue weighted by Gasteiger charge is 2.27. The second-order valence-corrected chi connectivity index (χ2v) is 11.4. The lowest BCUT2D eigenvalue weighted by Gasteiger charge is -2.23. The number of ether oxygens (including phenoxy) is 2. The Morgan fingerprint density at radius 2 is 1.51 bits per heavy atom. The highest BCUT2D eigenvalue weighted by atomic mass is 35.5. The SMILES string of the molecule is COc1ccc(S(=O)(=O)N(CC(=O)N/N=C\c2ccc(OCC(=O)NCc3ccccc3)cc2)c2ccc(Cl)cc2)cc1. The van der Waals surface area contributed by atoms with E-state index in [1.54, 1.807) is 24.3 Å². The van der Waals surface area contributed by atoms with Crippen LogP contribution in [0.25, 0.3) is 0 Å². The van der Waals surface area contributed by atoms with Gasteiger partial charge in [0, 0.05) is 11.6 Å². The number of nitrogens with one attached hydrogen (secondary N) is 2. The minimum atomic E-state index is -4.12. The summed E-state index contributed by atoms with van der Waals surface area (Å²) in [5.74, 6) is 0.0648. The minimum Gasteiger partial charge on any atom is -0.497 e. The van der Waals surface area contributed by atoms with E-state index >= 15 is 0 Å². The molecule has 2 amide bonds. The van der Waals surface area contributed by atoms with Gasteiger partial charge >= 0.3 is 0 Å². The zero-order chi connectivity index (χ0) is 30.7. The summed E-state index contributed by atoms with van der Waals surface area (Å²) >= 11 is 5.98. The van der Waals surface area contributed by atoms with Gasteiger partial charge in [-0.3, -0.25) is 13.9 Å². The summed E-state index contributed by atoms with van der Waals surface area (Å²) in [5, 5.41) is 7.16. The number of carbonyl (C=O) groups excluding carboxylic acids is 2. The molecule has 0 spiro atoms. The van der Waals surface area contributed by atoms with E-state index in [9.17, 15) is 18.0 Å². The molecule has 2 N–H and O–H groups in total. The first-order chi connectivity index (χ1) is 20.7. The van der Waals surface area contributed by atoms with Crippen molar-refractivity contribution >= 4 is 45.3 Å². The molecule has 0 fully saturated rings. The Balaban J connectivity index is 1.33. The largest absolute Gasteiger partial charge is 0.497 e. The molecule has 4 aromatic carbocycles. The average Bonchev–Trinajstić information content (AvgIpc) is 3.03. The third kappa shape index (κ3) is 9.06. The number of anilines is 1. The zero-order valence-corrected chi connectivity index (χ0v) is 24.7. The van der Waals surface area contributed by atoms with Crippen LogP contribution in [0.5, 0.6) is 11.5 Å². The molecule has 0 radical (unpaired) electrons. The second-order valence-electron chi connectivity index (χ2n) is 9.08. The van der Waals surface area contributed by atoms with E-state index in [0.717, 1.165) is 9.87 Å². The fourth-order valence-corrected chi connectivity index (χ4v) is 5.34. The van der Waals surface area contributed by atoms with Crippen LogP contribution in [0.4, 0.5) is 5.69 Å². The van der Waals surface area contributed by atoms with Crippen molar-refractivity contribution in [3.8, 4) is 11.5 Å². The number of carbonyl (C=O) groups is 2. The van der Waals surface area contributed by atoms with Crippen LogP contribution in [0.2, 0.25) is 5.02 Å². The van der Waals surface area contributed by atoms with Gasteiger partial charge in [0.25, 0.3) is 21.8 Å². The Bertz CT molecular complexity index is 1650. The number of methoxy groups -OCH3 is 1. The molecule has 0 bridgehead atoms. The summed E-state index contributed by atoms with van der Waals surface area (Å²) in [6.07, 6.45) is 1.40. The van der Waals surface area contributed by atoms with Gasteiger partial charge in [0.2, 0.25) is 0 Å². The van der Waals surface area contributed by atoms with Crippen LogP contribution in [-0.4, -0.2) is 46.7 Å². The van der Waals surface area contributed by atoms with Gasteiger partial charge in [-0.2, -0.15) is 5.10 Å². The van der Waals surface area contributed by atoms with E-state index in [0.29, 0.717) is 28.6 Å². The summed E-state index contributed by atoms with van der Waals surface area (Å²) in [5.41, 5.74) is 4.24. The number of halogens is 1. The molecule has 222 valence electrons. The number of benzene rings is 4. The Hall–Kier alpha value is -4.87. The van der Waals surface area contributed by atoms with Gasteiger partial charge in [-0.15, -0.1) is 0 Å². The maximum absolute atomic E-state index is 13.5. The number of hydrogen-bond donors (Lipinski definition) is 2. The van der Waals surface area contributed by atoms with Crippen LogP contribution in [0.3, 0.4) is 0 Å². The molecule has 10 nitrogen and oxygen atoms in total. The van der Waals surface area contributed by atoms with Gasteiger partial charge in [-0.1, -0.05) is 41.9 Å². The number of rotatable bonds is 13. The average molecular weight is 621 g/mol. The standard InChI is InChI=1S/C31H29ClN4O6S/c1-41-27-15-17-29(18-16-27)43(39,40)36(26-11-9-25(32)10-12-26)21-30(37)35-34-20-24-7-13-28(14-8-24)42-22-31(38)33-19-23-5-3-2-4-6-23/h2-18,20H,19,21-22H2,1H3,(H,33,38)(H,35,37)/b34-20-. The molecular formula is C31H29ClN4O6S. The van der Waals surface area contributed by atoms with E-state index in [4.69, 9.17) is 21.1 Å². The van der Waals surface area contributed by atoms with Gasteiger partial charge < -0.3 is 14.8 Å². The maximum atomic E-state index is 13.5. The molecule has 0 saturated heterocycles. The Kier molecular flexibility index (Phi) is 10.7. The lowest BCUT2D eigenvalue weighted by molar-refractivity contribution is -0.123. The molecule has 4 aromatic rings. The number of hydrogen-bond acceptors (Lipinski definition) is 7. The molecule has 0 saturated carbocycles. The summed E-state index contributed by atoms with van der Waals surface area (Å²) in [7, 11) is -2.64. The van der Waals surface area contributed by atoms with Crippen LogP contribution in [-0.2, 0) is 26.2 Å². The van der Waals surface area contributed by atoms with Crippen LogP contribution in [0.1, 0.15) is 11.1 Å². The third-order valence-electron chi connectivity index (χ3n) is 6.03. The Labute approximate surface area is 254 Å². The van der Waals surface area contributed by atoms with Crippen LogP contribution >= 0.6 is 11.6 Å². The Morgan fingerprint density at radius 1 is 0.860 bits per heavy atom. The lowest BCUT2D eigenvalue weighted by Crippen LogP contribution is -2.39. The van der Waals surface area contributed by atoms with Crippen molar-refractivity contribution in [1.82, 2.24) is 10.7 Å². The quantitative estimate of drug-likeness (QED) is 0.169. The highest BCUT2D eigenvalue weighted by molar-refractivity contribution is 7.92. The molecule has 43 heavy (non-hydrogen) atoms. The Morgan fingerprint density at radius 3 is 2.16 bits per heavy atom. The minimum absolute atomic E-state index is 0.0180. The van der Waals surface area contributed by atoms with Crippen molar-refractivity contribution in [2.24, 2.45) is 5.10 Å². The van der Waals surface area contributed by atoms with Crippen molar-refractivity contribution in [3.63, 3.8) is 0 Å². The van der Waals surface area contributed by atoms with Crippen LogP contribution in [0, 0.1) is 0 Å². The molecule has 12 heteroatoms. The molecule has 0 aliphatic heterocycles. The fourth-order valence-electron chi connectivity index (χ4n) is 3.79. The predicted molar refractivity (Wildman–Crippen MR) is 165 cm³/mol. The van der Waals surface area contributed by atoms with Crippen molar-refractivity contribution < 1.29 is 27.5 Å². The fraction of sp³-hybridized carbons (Fsp3) is 0.129. The molecule has 0 aliphatic rings. The second kappa shape index (κ2) is 14.9. The summed E-state index contributed by atoms with van der Waals surface area (Å²) < 4.78 is 38.6. The first-order valence-electron chi connectivity index (χ1n) is 13.0. The first-order valence-corrected chi connectivity index (χ1v) is 14.8. The van der Waals surface area contributed by atoms with Crippen molar-refractivity contribution in [2.45, 2.75) is 11.4 Å². The molecule has 4 rings (SSSR count). The summed E-state index contributed by atoms with van der Waals surface area (Å²) in [4.78, 5) is 24.8. The van der Waals surface area contributed by atoms with Crippen molar-refractivity contribution in [3.05, 3.63) is 119 Å². The van der Waals surface area contributed by atoms with Gasteiger partial charge in [0.05, 0.1) is 23.9 Å². The topological polar surface area (TPSA) is 126 Å². The lowest BCUT2D eigenvalue weighted by atomic mass is 10.2. The summed E-state index contributed by atoms with van der Waals surface area (Å²) in [6, 6.07) is 28.2. The smallest absolute Gasteiger partial charge is 0.264 e. The van der Waals surface area contributed by atoms with Gasteiger partial charge in [0.15, 0.2) is 6.61 Å². The molecule has 0 aromatic heterocycles. The van der Waals surface area contributed by atoms with Crippen LogP contribution < -0.4 is 24.5 Å². The van der Waals surface area contributed by atoms with Crippen LogP contribution in [0.15, 0.2) is 113 Å². The van der Waals surface area contributed by atoms with Crippen molar-refractivity contribution in [1.29, 1.82) is 0 Å². The third-order valence-corrected chi connectivity index (χ3v) is 8.07. The number of hydrazone groups is 1. The molecule has 0 aliphatic carbocycles. The van der Waals surface area contributed by atoms with E-state index in [2.05, 4.69) is 15.8 Å². The van der Waals surface area contributed by atoms with Crippen molar-refractivity contribution in [2.75, 3.05) is 24.6 Å². The van der Waals surface area contributed by atoms with Gasteiger partial charge in [-0.05, 0) is 83.9 Å². The molecule has 0 unspecified atom stereocenters. The number of sulfonamides is 1. The molecule has 0 heterocycles. The van der Waals surface area contributed by atoms with E-state index in [-0.39, 0.29) is 23.1 Å². The van der Waals surface area contributed by atoms with E-state index in [1.807, 2.05) is 30.3 Å². The maximum Gasteiger partial charge on any atom is 0.264 e. The monoisotopic (exact) mass is 620 g/mol. The number of amides is 2. The number of nitrogens with zero attached hydrogens (tertiary/aromatic N) is 2. The molecule has 0 atom stereocenters. The summed E-state index contributed by atoms with van der Waals surface area (Å²) in [6.45, 7) is -0.263. The predicted octanol–water partition coefficient (Wildman–Crippen LogP) is 4.39. The van der Waals surface area contributed by atoms with E-state index in [1.165, 1.54) is 61.9 Å². The normalized spacial score (nSPS) is 11.1. The van der Waals surface area contributed by atoms with Gasteiger partial charge in [-0.25, -0.2) is 13.8 Å².